The number of hydrogen-bond donors (Lipinski definition) is 2. The molecule has 0 bridgehead atoms. The van der Waals surface area contributed by atoms with Crippen LogP contribution in [-0.2, 0) is 14.8 Å². The molecule has 1 aliphatic heterocycles. The predicted molar refractivity (Wildman–Crippen MR) is 80.7 cm³/mol. The maximum absolute atomic E-state index is 12.6. The maximum Gasteiger partial charge on any atom is 0.244 e. The maximum atomic E-state index is 12.6. The number of aromatic amines is 1. The van der Waals surface area contributed by atoms with Gasteiger partial charge in [0.1, 0.15) is 4.90 Å². The van der Waals surface area contributed by atoms with E-state index in [2.05, 4.69) is 28.8 Å². The number of sulfonamides is 1. The quantitative estimate of drug-likeness (QED) is 0.871. The number of nitrogens with one attached hydrogen (secondary N) is 2. The van der Waals surface area contributed by atoms with Crippen molar-refractivity contribution in [1.29, 1.82) is 0 Å². The van der Waals surface area contributed by atoms with Gasteiger partial charge in [-0.25, -0.2) is 13.1 Å². The molecule has 21 heavy (non-hydrogen) atoms. The van der Waals surface area contributed by atoms with Crippen LogP contribution in [0.5, 0.6) is 0 Å². The summed E-state index contributed by atoms with van der Waals surface area (Å²) in [6.45, 7) is 8.19. The summed E-state index contributed by atoms with van der Waals surface area (Å²) in [6.07, 6.45) is 3.21. The second-order valence-corrected chi connectivity index (χ2v) is 7.46. The van der Waals surface area contributed by atoms with E-state index in [1.54, 1.807) is 13.8 Å². The van der Waals surface area contributed by atoms with Crippen molar-refractivity contribution in [3.8, 4) is 0 Å². The highest BCUT2D eigenvalue weighted by atomic mass is 32.2. The molecule has 0 amide bonds. The lowest BCUT2D eigenvalue weighted by Crippen LogP contribution is -2.48. The van der Waals surface area contributed by atoms with Crippen LogP contribution in [0.4, 0.5) is 0 Å². The molecule has 1 saturated heterocycles. The first-order valence-electron chi connectivity index (χ1n) is 7.51. The van der Waals surface area contributed by atoms with Gasteiger partial charge in [0.25, 0.3) is 0 Å². The number of rotatable bonds is 5. The van der Waals surface area contributed by atoms with Crippen LogP contribution in [0.1, 0.15) is 50.9 Å². The van der Waals surface area contributed by atoms with Crippen molar-refractivity contribution in [3.63, 3.8) is 0 Å². The summed E-state index contributed by atoms with van der Waals surface area (Å²) in [5.41, 5.74) is 0.875. The minimum atomic E-state index is -3.54. The van der Waals surface area contributed by atoms with E-state index in [0.717, 1.165) is 19.3 Å². The summed E-state index contributed by atoms with van der Waals surface area (Å²) in [7, 11) is -3.54. The molecule has 1 atom stereocenters. The van der Waals surface area contributed by atoms with Gasteiger partial charge >= 0.3 is 0 Å². The highest BCUT2D eigenvalue weighted by molar-refractivity contribution is 7.89. The van der Waals surface area contributed by atoms with Crippen LogP contribution in [0.25, 0.3) is 0 Å². The zero-order valence-electron chi connectivity index (χ0n) is 13.2. The van der Waals surface area contributed by atoms with Crippen LogP contribution in [0.3, 0.4) is 0 Å². The molecule has 0 aliphatic carbocycles. The van der Waals surface area contributed by atoms with Crippen LogP contribution in [0.2, 0.25) is 0 Å². The number of aromatic nitrogens is 2. The van der Waals surface area contributed by atoms with Gasteiger partial charge in [0, 0.05) is 12.6 Å². The Hall–Kier alpha value is -0.920. The second-order valence-electron chi connectivity index (χ2n) is 5.81. The van der Waals surface area contributed by atoms with Gasteiger partial charge < -0.3 is 4.74 Å². The van der Waals surface area contributed by atoms with Crippen LogP contribution < -0.4 is 4.72 Å². The number of H-pyrrole nitrogens is 1. The Morgan fingerprint density at radius 2 is 2.05 bits per heavy atom. The molecule has 2 heterocycles. The van der Waals surface area contributed by atoms with Gasteiger partial charge in [-0.3, -0.25) is 5.10 Å². The highest BCUT2D eigenvalue weighted by Crippen LogP contribution is 2.32. The molecule has 1 unspecified atom stereocenters. The third kappa shape index (κ3) is 3.30. The third-order valence-corrected chi connectivity index (χ3v) is 6.22. The molecular formula is C14H25N3O3S. The van der Waals surface area contributed by atoms with Crippen LogP contribution in [-0.4, -0.2) is 36.9 Å². The Morgan fingerprint density at radius 1 is 1.38 bits per heavy atom. The van der Waals surface area contributed by atoms with Gasteiger partial charge in [0.05, 0.1) is 17.0 Å². The lowest BCUT2D eigenvalue weighted by molar-refractivity contribution is -0.0905. The molecule has 6 nitrogen and oxygen atoms in total. The van der Waals surface area contributed by atoms with Crippen molar-refractivity contribution in [2.75, 3.05) is 6.61 Å². The van der Waals surface area contributed by atoms with Gasteiger partial charge in [-0.2, -0.15) is 5.10 Å². The van der Waals surface area contributed by atoms with E-state index in [-0.39, 0.29) is 16.5 Å². The molecule has 1 aliphatic rings. The van der Waals surface area contributed by atoms with Crippen molar-refractivity contribution in [1.82, 2.24) is 14.9 Å². The fourth-order valence-electron chi connectivity index (χ4n) is 3.09. The molecule has 2 N–H and O–H groups in total. The number of ether oxygens (including phenoxy) is 1. The standard InChI is InChI=1S/C14H25N3O3S/c1-5-14(6-2)9-12(7-8-20-14)17-21(18,19)13-10(3)15-16-11(13)4/h12,17H,5-9H2,1-4H3,(H,15,16). The van der Waals surface area contributed by atoms with Crippen LogP contribution in [0, 0.1) is 13.8 Å². The number of aryl methyl sites for hydroxylation is 2. The van der Waals surface area contributed by atoms with E-state index in [4.69, 9.17) is 4.74 Å². The molecule has 0 radical (unpaired) electrons. The smallest absolute Gasteiger partial charge is 0.244 e. The minimum absolute atomic E-state index is 0.0858. The van der Waals surface area contributed by atoms with Gasteiger partial charge in [-0.1, -0.05) is 13.8 Å². The molecule has 1 fully saturated rings. The van der Waals surface area contributed by atoms with Gasteiger partial charge in [0.2, 0.25) is 10.0 Å². The Bertz CT molecular complexity index is 571. The molecule has 2 rings (SSSR count). The fourth-order valence-corrected chi connectivity index (χ4v) is 4.73. The molecule has 0 spiro atoms. The summed E-state index contributed by atoms with van der Waals surface area (Å²) in [6, 6.07) is -0.0858. The number of hydrogen-bond acceptors (Lipinski definition) is 4. The summed E-state index contributed by atoms with van der Waals surface area (Å²) in [5, 5.41) is 6.69. The normalized spacial score (nSPS) is 22.4. The van der Waals surface area contributed by atoms with E-state index in [9.17, 15) is 8.42 Å². The first kappa shape index (κ1) is 16.5. The van der Waals surface area contributed by atoms with Crippen LogP contribution >= 0.6 is 0 Å². The first-order valence-corrected chi connectivity index (χ1v) is 8.99. The molecule has 120 valence electrons. The topological polar surface area (TPSA) is 84.1 Å². The van der Waals surface area contributed by atoms with E-state index in [1.807, 2.05) is 0 Å². The predicted octanol–water partition coefficient (Wildman–Crippen LogP) is 2.04. The van der Waals surface area contributed by atoms with Gasteiger partial charge in [-0.05, 0) is 39.5 Å². The Balaban J connectivity index is 2.18. The zero-order chi connectivity index (χ0) is 15.7. The summed E-state index contributed by atoms with van der Waals surface area (Å²) < 4.78 is 33.9. The molecule has 0 saturated carbocycles. The molecule has 7 heteroatoms. The molecule has 1 aromatic heterocycles. The average molecular weight is 315 g/mol. The molecule has 0 aromatic carbocycles. The summed E-state index contributed by atoms with van der Waals surface area (Å²) in [4.78, 5) is 0.271. The second kappa shape index (κ2) is 6.06. The lowest BCUT2D eigenvalue weighted by Gasteiger charge is -2.40. The monoisotopic (exact) mass is 315 g/mol. The lowest BCUT2D eigenvalue weighted by atomic mass is 9.86. The molecular weight excluding hydrogens is 290 g/mol. The zero-order valence-corrected chi connectivity index (χ0v) is 14.0. The van der Waals surface area contributed by atoms with Crippen molar-refractivity contribution in [2.24, 2.45) is 0 Å². The Kier molecular flexibility index (Phi) is 4.75. The average Bonchev–Trinajstić information content (AvgIpc) is 2.78. The van der Waals surface area contributed by atoms with Crippen molar-refractivity contribution in [2.45, 2.75) is 69.9 Å². The summed E-state index contributed by atoms with van der Waals surface area (Å²) >= 11 is 0. The van der Waals surface area contributed by atoms with Gasteiger partial charge in [0.15, 0.2) is 0 Å². The van der Waals surface area contributed by atoms with E-state index >= 15 is 0 Å². The first-order chi connectivity index (χ1) is 9.83. The van der Waals surface area contributed by atoms with Crippen molar-refractivity contribution < 1.29 is 13.2 Å². The SMILES string of the molecule is CCC1(CC)CC(NS(=O)(=O)c2c(C)n[nH]c2C)CCO1. The van der Waals surface area contributed by atoms with Crippen molar-refractivity contribution >= 4 is 10.0 Å². The highest BCUT2D eigenvalue weighted by Gasteiger charge is 2.37. The van der Waals surface area contributed by atoms with E-state index in [1.165, 1.54) is 0 Å². The minimum Gasteiger partial charge on any atom is -0.375 e. The Morgan fingerprint density at radius 3 is 2.57 bits per heavy atom. The van der Waals surface area contributed by atoms with Crippen LogP contribution in [0.15, 0.2) is 4.90 Å². The fraction of sp³-hybridized carbons (Fsp3) is 0.786. The largest absolute Gasteiger partial charge is 0.375 e. The van der Waals surface area contributed by atoms with Crippen molar-refractivity contribution in [3.05, 3.63) is 11.4 Å². The summed E-state index contributed by atoms with van der Waals surface area (Å²) in [5.74, 6) is 0. The third-order valence-electron chi connectivity index (χ3n) is 4.43. The molecule has 1 aromatic rings. The Labute approximate surface area is 126 Å². The number of nitrogens with zero attached hydrogens (tertiary/aromatic N) is 1. The van der Waals surface area contributed by atoms with Gasteiger partial charge in [-0.15, -0.1) is 0 Å². The van der Waals surface area contributed by atoms with E-state index < -0.39 is 10.0 Å². The van der Waals surface area contributed by atoms with E-state index in [0.29, 0.717) is 24.4 Å².